The summed E-state index contributed by atoms with van der Waals surface area (Å²) in [4.78, 5) is 54.7. The van der Waals surface area contributed by atoms with E-state index >= 15 is 0 Å². The lowest BCUT2D eigenvalue weighted by molar-refractivity contribution is -0.145. The number of nitrogens with one attached hydrogen (secondary N) is 1. The van der Waals surface area contributed by atoms with Crippen molar-refractivity contribution in [1.29, 1.82) is 0 Å². The molecule has 0 aromatic rings. The van der Waals surface area contributed by atoms with Crippen LogP contribution in [0.3, 0.4) is 0 Å². The largest absolute Gasteiger partial charge is 0.481 e. The van der Waals surface area contributed by atoms with Crippen molar-refractivity contribution in [3.63, 3.8) is 0 Å². The molecule has 0 fully saturated rings. The Morgan fingerprint density at radius 1 is 1.00 bits per heavy atom. The van der Waals surface area contributed by atoms with Crippen LogP contribution in [-0.2, 0) is 24.0 Å². The molecular formula is C12H18NO7P. The molecular weight excluding hydrogens is 301 g/mol. The zero-order valence-electron chi connectivity index (χ0n) is 11.3. The van der Waals surface area contributed by atoms with Gasteiger partial charge in [0, 0.05) is 25.7 Å². The molecule has 0 bridgehead atoms. The van der Waals surface area contributed by atoms with Gasteiger partial charge in [-0.3, -0.25) is 24.0 Å². The first kappa shape index (κ1) is 19.2. The van der Waals surface area contributed by atoms with E-state index in [-0.39, 0.29) is 44.2 Å². The van der Waals surface area contributed by atoms with Gasteiger partial charge >= 0.3 is 11.9 Å². The number of Topliss-reactive ketones (excluding diaryl/α,β-unsaturated/α-hetero) is 1. The highest BCUT2D eigenvalue weighted by Gasteiger charge is 2.22. The van der Waals surface area contributed by atoms with Crippen LogP contribution in [0.4, 0.5) is 0 Å². The number of aliphatic carboxylic acids is 2. The van der Waals surface area contributed by atoms with Gasteiger partial charge in [-0.25, -0.2) is 0 Å². The Labute approximate surface area is 123 Å². The Morgan fingerprint density at radius 2 is 1.62 bits per heavy atom. The fourth-order valence-electron chi connectivity index (χ4n) is 1.51. The Kier molecular flexibility index (Phi) is 9.12. The predicted molar refractivity (Wildman–Crippen MR) is 74.6 cm³/mol. The van der Waals surface area contributed by atoms with Crippen molar-refractivity contribution in [3.8, 4) is 0 Å². The summed E-state index contributed by atoms with van der Waals surface area (Å²) in [5.74, 6) is -4.33. The van der Waals surface area contributed by atoms with Crippen molar-refractivity contribution >= 4 is 38.4 Å². The number of carboxylic acids is 2. The second-order valence-corrected chi connectivity index (χ2v) is 5.10. The van der Waals surface area contributed by atoms with E-state index in [1.165, 1.54) is 0 Å². The van der Waals surface area contributed by atoms with Gasteiger partial charge in [0.25, 0.3) is 0 Å². The zero-order chi connectivity index (χ0) is 16.4. The van der Waals surface area contributed by atoms with Gasteiger partial charge in [-0.1, -0.05) is 9.24 Å². The molecule has 0 aliphatic rings. The molecule has 0 aliphatic carbocycles. The summed E-state index contributed by atoms with van der Waals surface area (Å²) < 4.78 is 0. The van der Waals surface area contributed by atoms with E-state index < -0.39 is 29.5 Å². The monoisotopic (exact) mass is 319 g/mol. The van der Waals surface area contributed by atoms with Crippen molar-refractivity contribution in [1.82, 2.24) is 5.32 Å². The number of rotatable bonds is 11. The Bertz CT molecular complexity index is 435. The third-order valence-corrected chi connectivity index (χ3v) is 2.82. The summed E-state index contributed by atoms with van der Waals surface area (Å²) >= 11 is 0. The van der Waals surface area contributed by atoms with Gasteiger partial charge in [0.2, 0.25) is 5.91 Å². The Hall–Kier alpha value is -1.82. The molecule has 0 aliphatic heterocycles. The van der Waals surface area contributed by atoms with Crippen LogP contribution in [0.5, 0.6) is 0 Å². The average Bonchev–Trinajstić information content (AvgIpc) is 2.38. The van der Waals surface area contributed by atoms with E-state index in [0.717, 1.165) is 0 Å². The van der Waals surface area contributed by atoms with Crippen molar-refractivity contribution in [2.24, 2.45) is 5.92 Å². The lowest BCUT2D eigenvalue weighted by Crippen LogP contribution is -2.28. The first-order chi connectivity index (χ1) is 9.72. The smallest absolute Gasteiger partial charge is 0.306 e. The molecule has 0 radical (unpaired) electrons. The molecule has 2 atom stereocenters. The number of carbonyl (C=O) groups is 5. The molecule has 1 unspecified atom stereocenters. The Morgan fingerprint density at radius 3 is 2.10 bits per heavy atom. The van der Waals surface area contributed by atoms with E-state index in [4.69, 9.17) is 10.2 Å². The van der Waals surface area contributed by atoms with Crippen molar-refractivity contribution < 1.29 is 34.2 Å². The zero-order valence-corrected chi connectivity index (χ0v) is 12.5. The number of ketones is 1. The second-order valence-electron chi connectivity index (χ2n) is 4.45. The minimum absolute atomic E-state index is 0.135. The third-order valence-electron chi connectivity index (χ3n) is 2.62. The second kappa shape index (κ2) is 9.99. The molecule has 3 N–H and O–H groups in total. The summed E-state index contributed by atoms with van der Waals surface area (Å²) in [6.45, 7) is -0.145. The van der Waals surface area contributed by atoms with Crippen molar-refractivity contribution in [3.05, 3.63) is 0 Å². The van der Waals surface area contributed by atoms with Crippen LogP contribution in [0.1, 0.15) is 32.1 Å². The van der Waals surface area contributed by atoms with E-state index in [0.29, 0.717) is 0 Å². The van der Waals surface area contributed by atoms with Crippen LogP contribution < -0.4 is 5.32 Å². The SMILES string of the molecule is O=C(O)CC[C@@H](CC(=O)CCC(=O)NCC(=O)P)C(=O)O. The number of carbonyl (C=O) groups excluding carboxylic acids is 3. The van der Waals surface area contributed by atoms with Gasteiger partial charge in [0.05, 0.1) is 12.5 Å². The lowest BCUT2D eigenvalue weighted by Gasteiger charge is -2.10. The Balaban J connectivity index is 4.14. The summed E-state index contributed by atoms with van der Waals surface area (Å²) in [5.41, 5.74) is -0.297. The molecule has 118 valence electrons. The van der Waals surface area contributed by atoms with Gasteiger partial charge in [-0.05, 0) is 6.42 Å². The molecule has 8 nitrogen and oxygen atoms in total. The molecule has 9 heteroatoms. The maximum atomic E-state index is 11.6. The normalized spacial score (nSPS) is 11.5. The highest BCUT2D eigenvalue weighted by Crippen LogP contribution is 2.14. The summed E-state index contributed by atoms with van der Waals surface area (Å²) in [6.07, 6.45) is -1.06. The number of hydrogen-bond donors (Lipinski definition) is 3. The number of amides is 1. The van der Waals surface area contributed by atoms with Gasteiger partial charge in [0.1, 0.15) is 5.78 Å². The third kappa shape index (κ3) is 10.6. The minimum Gasteiger partial charge on any atom is -0.481 e. The van der Waals surface area contributed by atoms with Crippen LogP contribution in [0, 0.1) is 5.92 Å². The average molecular weight is 319 g/mol. The number of hydrogen-bond acceptors (Lipinski definition) is 5. The molecule has 0 heterocycles. The molecule has 21 heavy (non-hydrogen) atoms. The van der Waals surface area contributed by atoms with Crippen molar-refractivity contribution in [2.45, 2.75) is 32.1 Å². The summed E-state index contributed by atoms with van der Waals surface area (Å²) in [6, 6.07) is 0. The van der Waals surface area contributed by atoms with E-state index in [1.807, 2.05) is 9.24 Å². The molecule has 0 aromatic carbocycles. The van der Waals surface area contributed by atoms with E-state index in [2.05, 4.69) is 5.32 Å². The van der Waals surface area contributed by atoms with Gasteiger partial charge in [-0.15, -0.1) is 0 Å². The molecule has 0 rings (SSSR count). The number of carboxylic acid groups (broad SMARTS) is 2. The van der Waals surface area contributed by atoms with Gasteiger partial charge < -0.3 is 15.5 Å². The highest BCUT2D eigenvalue weighted by molar-refractivity contribution is 7.40. The lowest BCUT2D eigenvalue weighted by atomic mass is 9.95. The van der Waals surface area contributed by atoms with Crippen LogP contribution in [0.15, 0.2) is 0 Å². The maximum Gasteiger partial charge on any atom is 0.306 e. The van der Waals surface area contributed by atoms with Crippen LogP contribution in [0.2, 0.25) is 0 Å². The maximum absolute atomic E-state index is 11.6. The molecule has 0 saturated heterocycles. The van der Waals surface area contributed by atoms with Crippen LogP contribution >= 0.6 is 9.24 Å². The first-order valence-electron chi connectivity index (χ1n) is 6.23. The van der Waals surface area contributed by atoms with Gasteiger partial charge in [-0.2, -0.15) is 0 Å². The quantitative estimate of drug-likeness (QED) is 0.449. The van der Waals surface area contributed by atoms with Crippen LogP contribution in [0.25, 0.3) is 0 Å². The fraction of sp³-hybridized carbons (Fsp3) is 0.583. The topological polar surface area (TPSA) is 138 Å². The summed E-state index contributed by atoms with van der Waals surface area (Å²) in [5, 5.41) is 19.7. The molecule has 0 aromatic heterocycles. The van der Waals surface area contributed by atoms with Crippen molar-refractivity contribution in [2.75, 3.05) is 6.54 Å². The fourth-order valence-corrected chi connectivity index (χ4v) is 1.62. The minimum atomic E-state index is -1.23. The van der Waals surface area contributed by atoms with Crippen LogP contribution in [-0.4, -0.2) is 45.9 Å². The molecule has 1 amide bonds. The molecule has 0 saturated carbocycles. The first-order valence-corrected chi connectivity index (χ1v) is 6.81. The highest BCUT2D eigenvalue weighted by atomic mass is 31.0. The predicted octanol–water partition coefficient (Wildman–Crippen LogP) is -0.191. The van der Waals surface area contributed by atoms with Gasteiger partial charge in [0.15, 0.2) is 5.52 Å². The van der Waals surface area contributed by atoms with E-state index in [9.17, 15) is 24.0 Å². The summed E-state index contributed by atoms with van der Waals surface area (Å²) in [7, 11) is 1.90. The standard InChI is InChI=1S/C12H18NO7P/c14-8(2-3-9(15)13-6-11(18)21)5-7(12(19)20)1-4-10(16)17/h7H,1-6,21H2,(H,13,15)(H,16,17)(H,19,20)/t7-/m0/s1. The van der Waals surface area contributed by atoms with E-state index in [1.54, 1.807) is 0 Å². The molecule has 0 spiro atoms.